The lowest BCUT2D eigenvalue weighted by atomic mass is 10.0. The van der Waals surface area contributed by atoms with Crippen LogP contribution in [0.5, 0.6) is 0 Å². The molecular formula is C70H126NO8+. The van der Waals surface area contributed by atoms with E-state index < -0.39 is 24.3 Å². The van der Waals surface area contributed by atoms with E-state index in [1.165, 1.54) is 180 Å². The van der Waals surface area contributed by atoms with Gasteiger partial charge in [0.2, 0.25) is 0 Å². The number of carboxylic acids is 1. The van der Waals surface area contributed by atoms with Crippen molar-refractivity contribution in [3.63, 3.8) is 0 Å². The monoisotopic (exact) mass is 1110 g/mol. The zero-order chi connectivity index (χ0) is 57.6. The Hall–Kier alpha value is -3.27. The molecule has 0 aromatic carbocycles. The van der Waals surface area contributed by atoms with Crippen molar-refractivity contribution >= 4 is 17.9 Å². The quantitative estimate of drug-likeness (QED) is 0.0211. The Bertz CT molecular complexity index is 1520. The molecule has 0 aromatic rings. The number of quaternary nitrogens is 1. The summed E-state index contributed by atoms with van der Waals surface area (Å²) < 4.78 is 22.9. The van der Waals surface area contributed by atoms with E-state index in [2.05, 4.69) is 86.8 Å². The molecule has 0 heterocycles. The minimum atomic E-state index is -1.52. The minimum absolute atomic E-state index is 0.182. The summed E-state index contributed by atoms with van der Waals surface area (Å²) in [5.74, 6) is -2.02. The van der Waals surface area contributed by atoms with Gasteiger partial charge >= 0.3 is 17.9 Å². The molecule has 0 bridgehead atoms. The molecule has 0 aromatic heterocycles. The van der Waals surface area contributed by atoms with E-state index >= 15 is 0 Å². The van der Waals surface area contributed by atoms with Crippen LogP contribution < -0.4 is 0 Å². The van der Waals surface area contributed by atoms with Crippen LogP contribution in [0.3, 0.4) is 0 Å². The third-order valence-electron chi connectivity index (χ3n) is 14.4. The van der Waals surface area contributed by atoms with Crippen LogP contribution in [0.2, 0.25) is 0 Å². The van der Waals surface area contributed by atoms with E-state index in [4.69, 9.17) is 18.9 Å². The molecule has 79 heavy (non-hydrogen) atoms. The highest BCUT2D eigenvalue weighted by molar-refractivity contribution is 5.71. The van der Waals surface area contributed by atoms with E-state index in [0.29, 0.717) is 23.9 Å². The van der Waals surface area contributed by atoms with Crippen molar-refractivity contribution in [3.05, 3.63) is 72.9 Å². The van der Waals surface area contributed by atoms with E-state index in [1.54, 1.807) is 0 Å². The zero-order valence-electron chi connectivity index (χ0n) is 52.3. The summed E-state index contributed by atoms with van der Waals surface area (Å²) in [6.07, 6.45) is 77.3. The maximum absolute atomic E-state index is 12.9. The summed E-state index contributed by atoms with van der Waals surface area (Å²) in [4.78, 5) is 37.5. The number of esters is 2. The predicted octanol–water partition coefficient (Wildman–Crippen LogP) is 20.1. The summed E-state index contributed by atoms with van der Waals surface area (Å²) in [7, 11) is 5.97. The second kappa shape index (κ2) is 60.8. The Balaban J connectivity index is 4.10. The first kappa shape index (κ1) is 75.7. The summed E-state index contributed by atoms with van der Waals surface area (Å²) in [6.45, 7) is 4.77. The Morgan fingerprint density at radius 2 is 0.722 bits per heavy atom. The predicted molar refractivity (Wildman–Crippen MR) is 336 cm³/mol. The van der Waals surface area contributed by atoms with Gasteiger partial charge in [0.05, 0.1) is 34.4 Å². The fourth-order valence-electron chi connectivity index (χ4n) is 9.39. The molecule has 2 unspecified atom stereocenters. The number of hydrogen-bond donors (Lipinski definition) is 1. The van der Waals surface area contributed by atoms with Crippen molar-refractivity contribution in [2.45, 2.75) is 309 Å². The first-order valence-electron chi connectivity index (χ1n) is 33.1. The first-order chi connectivity index (χ1) is 38.6. The van der Waals surface area contributed by atoms with Crippen LogP contribution in [0.15, 0.2) is 72.9 Å². The second-order valence-corrected chi connectivity index (χ2v) is 23.4. The molecule has 0 saturated carbocycles. The maximum atomic E-state index is 12.9. The Morgan fingerprint density at radius 3 is 1.09 bits per heavy atom. The van der Waals surface area contributed by atoms with Gasteiger partial charge in [-0.2, -0.15) is 0 Å². The normalized spacial score (nSPS) is 13.2. The van der Waals surface area contributed by atoms with E-state index in [0.717, 1.165) is 83.5 Å². The molecular weight excluding hydrogens is 983 g/mol. The number of allylic oxidation sites excluding steroid dienone is 12. The molecule has 458 valence electrons. The molecule has 9 nitrogen and oxygen atoms in total. The van der Waals surface area contributed by atoms with Crippen molar-refractivity contribution in [2.75, 3.05) is 47.5 Å². The summed E-state index contributed by atoms with van der Waals surface area (Å²) >= 11 is 0. The minimum Gasteiger partial charge on any atom is -0.477 e. The molecule has 0 amide bonds. The number of hydrogen-bond acceptors (Lipinski definition) is 7. The number of ether oxygens (including phenoxy) is 4. The fraction of sp³-hybridized carbons (Fsp3) is 0.786. The molecule has 0 aliphatic carbocycles. The molecule has 0 saturated heterocycles. The van der Waals surface area contributed by atoms with Gasteiger partial charge in [-0.05, 0) is 83.5 Å². The largest absolute Gasteiger partial charge is 0.477 e. The van der Waals surface area contributed by atoms with Crippen molar-refractivity contribution < 1.29 is 42.9 Å². The third kappa shape index (κ3) is 62.2. The van der Waals surface area contributed by atoms with Crippen molar-refractivity contribution in [2.24, 2.45) is 0 Å². The standard InChI is InChI=1S/C70H125NO8/c1-6-8-10-12-14-16-18-20-22-24-26-28-29-30-31-32-33-34-35-36-37-38-39-41-42-44-46-48-50-52-54-56-58-60-67(72)77-64-66(65-78-70(69(74)75)76-63-62-71(3,4)5)79-68(73)61-59-57-55-53-51-49-47-45-43-40-27-25-23-21-19-17-15-13-11-9-7-2/h9,11,15,17,21,23-24,26-27,40,45,47,66,70H,6-8,10,12-14,16,18-20,22,25,28-39,41-44,46,48-65H2,1-5H3/p+1/b11-9-,17-15-,23-21-,26-24-,40-27-,47-45-. The average Bonchev–Trinajstić information content (AvgIpc) is 3.42. The molecule has 0 rings (SSSR count). The van der Waals surface area contributed by atoms with Crippen molar-refractivity contribution in [1.82, 2.24) is 0 Å². The highest BCUT2D eigenvalue weighted by Crippen LogP contribution is 2.17. The number of nitrogens with zero attached hydrogens (tertiary/aromatic N) is 1. The summed E-state index contributed by atoms with van der Waals surface area (Å²) in [6, 6.07) is 0. The number of unbranched alkanes of at least 4 members (excludes halogenated alkanes) is 34. The Labute approximate surface area is 487 Å². The SMILES string of the molecule is CC/C=C\C/C=C\C/C=C\C/C=C\C/C=C\CCCCCCCC(=O)OC(COC(=O)CCCCCCCCCCCCCCCCCCCCCCC/C=C\CCCCCCCCCC)COC(OCC[N+](C)(C)C)C(=O)O. The van der Waals surface area contributed by atoms with E-state index in [9.17, 15) is 19.5 Å². The molecule has 1 N–H and O–H groups in total. The summed E-state index contributed by atoms with van der Waals surface area (Å²) in [5, 5.41) is 9.72. The smallest absolute Gasteiger partial charge is 0.361 e. The lowest BCUT2D eigenvalue weighted by Crippen LogP contribution is -2.40. The summed E-state index contributed by atoms with van der Waals surface area (Å²) in [5.41, 5.74) is 0. The van der Waals surface area contributed by atoms with Crippen LogP contribution in [0, 0.1) is 0 Å². The number of carbonyl (C=O) groups excluding carboxylic acids is 2. The second-order valence-electron chi connectivity index (χ2n) is 23.4. The van der Waals surface area contributed by atoms with Gasteiger partial charge in [0.15, 0.2) is 6.10 Å². The number of aliphatic carboxylic acids is 1. The van der Waals surface area contributed by atoms with E-state index in [-0.39, 0.29) is 32.2 Å². The molecule has 0 radical (unpaired) electrons. The Kier molecular flexibility index (Phi) is 58.3. The molecule has 0 spiro atoms. The van der Waals surface area contributed by atoms with Gasteiger partial charge in [-0.1, -0.05) is 273 Å². The number of carboxylic acid groups (broad SMARTS) is 1. The van der Waals surface area contributed by atoms with Gasteiger partial charge in [-0.3, -0.25) is 9.59 Å². The fourth-order valence-corrected chi connectivity index (χ4v) is 9.39. The zero-order valence-corrected chi connectivity index (χ0v) is 52.3. The van der Waals surface area contributed by atoms with Crippen LogP contribution >= 0.6 is 0 Å². The van der Waals surface area contributed by atoms with Crippen LogP contribution in [0.4, 0.5) is 0 Å². The van der Waals surface area contributed by atoms with Crippen LogP contribution in [-0.4, -0.2) is 87.4 Å². The molecule has 2 atom stereocenters. The average molecular weight is 1110 g/mol. The third-order valence-corrected chi connectivity index (χ3v) is 14.4. The van der Waals surface area contributed by atoms with Gasteiger partial charge < -0.3 is 28.5 Å². The molecule has 9 heteroatoms. The molecule has 0 aliphatic heterocycles. The lowest BCUT2D eigenvalue weighted by molar-refractivity contribution is -0.870. The van der Waals surface area contributed by atoms with Crippen LogP contribution in [0.1, 0.15) is 296 Å². The topological polar surface area (TPSA) is 108 Å². The van der Waals surface area contributed by atoms with Crippen molar-refractivity contribution in [1.29, 1.82) is 0 Å². The maximum Gasteiger partial charge on any atom is 0.361 e. The van der Waals surface area contributed by atoms with Gasteiger partial charge in [0.25, 0.3) is 6.29 Å². The number of rotatable bonds is 61. The van der Waals surface area contributed by atoms with Gasteiger partial charge in [-0.15, -0.1) is 0 Å². The van der Waals surface area contributed by atoms with Crippen LogP contribution in [0.25, 0.3) is 0 Å². The lowest BCUT2D eigenvalue weighted by Gasteiger charge is -2.25. The van der Waals surface area contributed by atoms with Gasteiger partial charge in [0.1, 0.15) is 13.2 Å². The van der Waals surface area contributed by atoms with Gasteiger partial charge in [-0.25, -0.2) is 4.79 Å². The highest BCUT2D eigenvalue weighted by atomic mass is 16.7. The number of likely N-dealkylation sites (N-methyl/N-ethyl adjacent to an activating group) is 1. The molecule has 0 fully saturated rings. The van der Waals surface area contributed by atoms with Gasteiger partial charge in [0, 0.05) is 12.8 Å². The van der Waals surface area contributed by atoms with E-state index in [1.807, 2.05) is 21.1 Å². The Morgan fingerprint density at radius 1 is 0.392 bits per heavy atom. The first-order valence-corrected chi connectivity index (χ1v) is 33.1. The highest BCUT2D eigenvalue weighted by Gasteiger charge is 2.25. The van der Waals surface area contributed by atoms with Crippen molar-refractivity contribution in [3.8, 4) is 0 Å². The molecule has 0 aliphatic rings. The van der Waals surface area contributed by atoms with Crippen LogP contribution in [-0.2, 0) is 33.3 Å². The number of carbonyl (C=O) groups is 3.